The van der Waals surface area contributed by atoms with E-state index in [0.29, 0.717) is 5.69 Å². The molecular formula is C9H10N2O. The smallest absolute Gasteiger partial charge is 0.143 e. The number of aromatic nitrogens is 1. The first-order valence-corrected chi connectivity index (χ1v) is 3.86. The first kappa shape index (κ1) is 8.54. The SMILES string of the molecule is CCCc1cc(O)cnc1C#N. The van der Waals surface area contributed by atoms with E-state index in [1.54, 1.807) is 6.07 Å². The van der Waals surface area contributed by atoms with Gasteiger partial charge >= 0.3 is 0 Å². The van der Waals surface area contributed by atoms with Gasteiger partial charge in [0.15, 0.2) is 0 Å². The maximum absolute atomic E-state index is 9.09. The fraction of sp³-hybridized carbons (Fsp3) is 0.333. The Hall–Kier alpha value is -1.56. The van der Waals surface area contributed by atoms with E-state index in [-0.39, 0.29) is 5.75 Å². The van der Waals surface area contributed by atoms with Crippen LogP contribution < -0.4 is 0 Å². The lowest BCUT2D eigenvalue weighted by atomic mass is 10.1. The maximum Gasteiger partial charge on any atom is 0.143 e. The molecule has 1 aromatic rings. The molecule has 0 aliphatic rings. The molecule has 0 saturated carbocycles. The van der Waals surface area contributed by atoms with Crippen LogP contribution in [0, 0.1) is 11.3 Å². The molecule has 62 valence electrons. The van der Waals surface area contributed by atoms with Crippen LogP contribution in [-0.2, 0) is 6.42 Å². The van der Waals surface area contributed by atoms with Gasteiger partial charge in [-0.05, 0) is 18.1 Å². The minimum absolute atomic E-state index is 0.123. The third kappa shape index (κ3) is 1.73. The van der Waals surface area contributed by atoms with Gasteiger partial charge in [0.25, 0.3) is 0 Å². The molecule has 0 aliphatic heterocycles. The largest absolute Gasteiger partial charge is 0.506 e. The summed E-state index contributed by atoms with van der Waals surface area (Å²) in [6.07, 6.45) is 3.02. The van der Waals surface area contributed by atoms with Crippen molar-refractivity contribution in [3.05, 3.63) is 23.5 Å². The molecule has 0 bridgehead atoms. The molecule has 12 heavy (non-hydrogen) atoms. The van der Waals surface area contributed by atoms with Gasteiger partial charge in [0, 0.05) is 0 Å². The Labute approximate surface area is 71.3 Å². The van der Waals surface area contributed by atoms with Gasteiger partial charge in [0.2, 0.25) is 0 Å². The fourth-order valence-electron chi connectivity index (χ4n) is 1.06. The van der Waals surface area contributed by atoms with Gasteiger partial charge in [-0.25, -0.2) is 4.98 Å². The normalized spacial score (nSPS) is 9.33. The highest BCUT2D eigenvalue weighted by atomic mass is 16.3. The third-order valence-electron chi connectivity index (χ3n) is 1.58. The lowest BCUT2D eigenvalue weighted by molar-refractivity contribution is 0.471. The molecule has 1 heterocycles. The average molecular weight is 162 g/mol. The zero-order valence-electron chi connectivity index (χ0n) is 6.91. The molecule has 1 rings (SSSR count). The summed E-state index contributed by atoms with van der Waals surface area (Å²) in [5.74, 6) is 0.123. The quantitative estimate of drug-likeness (QED) is 0.718. The number of nitrogens with zero attached hydrogens (tertiary/aromatic N) is 2. The molecular weight excluding hydrogens is 152 g/mol. The van der Waals surface area contributed by atoms with Crippen molar-refractivity contribution in [2.75, 3.05) is 0 Å². The molecule has 1 aromatic heterocycles. The standard InChI is InChI=1S/C9H10N2O/c1-2-3-7-4-8(12)6-11-9(7)5-10/h4,6,12H,2-3H2,1H3. The second-order valence-electron chi connectivity index (χ2n) is 2.56. The van der Waals surface area contributed by atoms with Crippen LogP contribution in [0.4, 0.5) is 0 Å². The predicted molar refractivity (Wildman–Crippen MR) is 44.6 cm³/mol. The molecule has 3 nitrogen and oxygen atoms in total. The van der Waals surface area contributed by atoms with Crippen LogP contribution in [0.15, 0.2) is 12.3 Å². The zero-order valence-corrected chi connectivity index (χ0v) is 6.91. The summed E-state index contributed by atoms with van der Waals surface area (Å²) in [5.41, 5.74) is 1.23. The third-order valence-corrected chi connectivity index (χ3v) is 1.58. The monoisotopic (exact) mass is 162 g/mol. The highest BCUT2D eigenvalue weighted by Crippen LogP contribution is 2.14. The molecule has 0 unspecified atom stereocenters. The minimum atomic E-state index is 0.123. The van der Waals surface area contributed by atoms with Gasteiger partial charge in [-0.2, -0.15) is 5.26 Å². The molecule has 0 radical (unpaired) electrons. The Balaban J connectivity index is 3.06. The lowest BCUT2D eigenvalue weighted by Crippen LogP contribution is -1.92. The summed E-state index contributed by atoms with van der Waals surface area (Å²) < 4.78 is 0. The first-order valence-electron chi connectivity index (χ1n) is 3.86. The molecule has 0 aromatic carbocycles. The van der Waals surface area contributed by atoms with E-state index in [1.165, 1.54) is 6.20 Å². The van der Waals surface area contributed by atoms with Gasteiger partial charge < -0.3 is 5.11 Å². The van der Waals surface area contributed by atoms with Crippen LogP contribution in [0.25, 0.3) is 0 Å². The molecule has 3 heteroatoms. The Kier molecular flexibility index (Phi) is 2.65. The fourth-order valence-corrected chi connectivity index (χ4v) is 1.06. The number of hydrogen-bond donors (Lipinski definition) is 1. The Morgan fingerprint density at radius 3 is 3.00 bits per heavy atom. The Morgan fingerprint density at radius 1 is 1.67 bits per heavy atom. The molecule has 0 aliphatic carbocycles. The molecule has 1 N–H and O–H groups in total. The highest BCUT2D eigenvalue weighted by molar-refractivity contribution is 5.35. The lowest BCUT2D eigenvalue weighted by Gasteiger charge is -2.00. The van der Waals surface area contributed by atoms with Crippen LogP contribution in [0.3, 0.4) is 0 Å². The highest BCUT2D eigenvalue weighted by Gasteiger charge is 2.02. The molecule has 0 spiro atoms. The van der Waals surface area contributed by atoms with Gasteiger partial charge in [0.1, 0.15) is 17.5 Å². The van der Waals surface area contributed by atoms with Crippen LogP contribution >= 0.6 is 0 Å². The van der Waals surface area contributed by atoms with Crippen molar-refractivity contribution in [2.24, 2.45) is 0 Å². The summed E-state index contributed by atoms with van der Waals surface area (Å²) in [6.45, 7) is 2.02. The molecule has 0 atom stereocenters. The van der Waals surface area contributed by atoms with E-state index in [1.807, 2.05) is 13.0 Å². The Bertz CT molecular complexity index is 315. The van der Waals surface area contributed by atoms with E-state index in [2.05, 4.69) is 4.98 Å². The molecule has 0 saturated heterocycles. The van der Waals surface area contributed by atoms with E-state index < -0.39 is 0 Å². The van der Waals surface area contributed by atoms with E-state index in [9.17, 15) is 0 Å². The van der Waals surface area contributed by atoms with E-state index >= 15 is 0 Å². The predicted octanol–water partition coefficient (Wildman–Crippen LogP) is 1.61. The topological polar surface area (TPSA) is 56.9 Å². The van der Waals surface area contributed by atoms with Crippen LogP contribution in [-0.4, -0.2) is 10.1 Å². The van der Waals surface area contributed by atoms with Crippen molar-refractivity contribution in [1.29, 1.82) is 5.26 Å². The second-order valence-corrected chi connectivity index (χ2v) is 2.56. The Morgan fingerprint density at radius 2 is 2.42 bits per heavy atom. The van der Waals surface area contributed by atoms with Crippen molar-refractivity contribution in [1.82, 2.24) is 4.98 Å². The van der Waals surface area contributed by atoms with Crippen molar-refractivity contribution in [3.63, 3.8) is 0 Å². The van der Waals surface area contributed by atoms with Crippen molar-refractivity contribution in [2.45, 2.75) is 19.8 Å². The minimum Gasteiger partial charge on any atom is -0.506 e. The number of rotatable bonds is 2. The molecule has 0 amide bonds. The van der Waals surface area contributed by atoms with Crippen LogP contribution in [0.1, 0.15) is 24.6 Å². The summed E-state index contributed by atoms with van der Waals surface area (Å²) in [6, 6.07) is 3.58. The molecule has 0 fully saturated rings. The van der Waals surface area contributed by atoms with Gasteiger partial charge in [-0.3, -0.25) is 0 Å². The first-order chi connectivity index (χ1) is 5.77. The zero-order chi connectivity index (χ0) is 8.97. The van der Waals surface area contributed by atoms with E-state index in [4.69, 9.17) is 10.4 Å². The number of aromatic hydroxyl groups is 1. The van der Waals surface area contributed by atoms with Gasteiger partial charge in [-0.15, -0.1) is 0 Å². The van der Waals surface area contributed by atoms with E-state index in [0.717, 1.165) is 18.4 Å². The number of hydrogen-bond acceptors (Lipinski definition) is 3. The summed E-state index contributed by atoms with van der Waals surface area (Å²) >= 11 is 0. The summed E-state index contributed by atoms with van der Waals surface area (Å²) in [7, 11) is 0. The average Bonchev–Trinajstić information content (AvgIpc) is 2.05. The number of pyridine rings is 1. The van der Waals surface area contributed by atoms with Crippen molar-refractivity contribution in [3.8, 4) is 11.8 Å². The van der Waals surface area contributed by atoms with Crippen molar-refractivity contribution < 1.29 is 5.11 Å². The summed E-state index contributed by atoms with van der Waals surface area (Å²) in [5, 5.41) is 17.7. The maximum atomic E-state index is 9.09. The summed E-state index contributed by atoms with van der Waals surface area (Å²) in [4.78, 5) is 3.80. The van der Waals surface area contributed by atoms with Gasteiger partial charge in [0.05, 0.1) is 6.20 Å². The van der Waals surface area contributed by atoms with Crippen molar-refractivity contribution >= 4 is 0 Å². The number of aryl methyl sites for hydroxylation is 1. The van der Waals surface area contributed by atoms with Gasteiger partial charge in [-0.1, -0.05) is 13.3 Å². The second kappa shape index (κ2) is 3.72. The number of nitriles is 1. The van der Waals surface area contributed by atoms with Crippen LogP contribution in [0.2, 0.25) is 0 Å². The van der Waals surface area contributed by atoms with Crippen LogP contribution in [0.5, 0.6) is 5.75 Å².